The Balaban J connectivity index is 1.41. The van der Waals surface area contributed by atoms with Gasteiger partial charge >= 0.3 is 0 Å². The Morgan fingerprint density at radius 3 is 2.77 bits per heavy atom. The number of halogens is 1. The molecule has 0 saturated carbocycles. The fraction of sp³-hybridized carbons (Fsp3) is 0.273. The first-order chi connectivity index (χ1) is 14.6. The third-order valence-corrected chi connectivity index (χ3v) is 5.59. The molecular weight excluding hydrogens is 406 g/mol. The van der Waals surface area contributed by atoms with E-state index in [4.69, 9.17) is 25.8 Å². The maximum absolute atomic E-state index is 12.5. The Hall–Kier alpha value is -3.19. The predicted molar refractivity (Wildman–Crippen MR) is 114 cm³/mol. The smallest absolute Gasteiger partial charge is 0.267 e. The number of benzene rings is 2. The number of fused-ring (bicyclic) bond motifs is 1. The second-order valence-electron chi connectivity index (χ2n) is 7.21. The minimum Gasteiger partial charge on any atom is -0.496 e. The molecule has 0 radical (unpaired) electrons. The van der Waals surface area contributed by atoms with Crippen molar-refractivity contribution in [1.82, 2.24) is 9.78 Å². The quantitative estimate of drug-likeness (QED) is 0.638. The summed E-state index contributed by atoms with van der Waals surface area (Å²) in [5, 5.41) is 5.20. The number of ether oxygens (including phenoxy) is 3. The fourth-order valence-corrected chi connectivity index (χ4v) is 3.98. The van der Waals surface area contributed by atoms with Crippen LogP contribution < -0.4 is 24.7 Å². The van der Waals surface area contributed by atoms with Crippen molar-refractivity contribution >= 4 is 17.3 Å². The second kappa shape index (κ2) is 7.57. The molecule has 8 heteroatoms. The molecule has 1 saturated heterocycles. The number of aromatic nitrogens is 2. The van der Waals surface area contributed by atoms with Gasteiger partial charge in [-0.15, -0.1) is 0 Å². The number of anilines is 1. The number of nitrogens with zero attached hydrogens (tertiary/aromatic N) is 3. The summed E-state index contributed by atoms with van der Waals surface area (Å²) in [6.07, 6.45) is 0. The van der Waals surface area contributed by atoms with Gasteiger partial charge in [0.1, 0.15) is 19.0 Å². The van der Waals surface area contributed by atoms with Crippen molar-refractivity contribution in [3.63, 3.8) is 0 Å². The minimum absolute atomic E-state index is 0.0314. The molecule has 154 valence electrons. The van der Waals surface area contributed by atoms with Crippen molar-refractivity contribution < 1.29 is 14.2 Å². The van der Waals surface area contributed by atoms with Gasteiger partial charge in [-0.1, -0.05) is 17.7 Å². The molecule has 0 aliphatic carbocycles. The van der Waals surface area contributed by atoms with Gasteiger partial charge in [-0.05, 0) is 36.4 Å². The summed E-state index contributed by atoms with van der Waals surface area (Å²) in [7, 11) is 1.58. The van der Waals surface area contributed by atoms with Crippen LogP contribution in [-0.2, 0) is 0 Å². The average Bonchev–Trinajstić information content (AvgIpc) is 2.74. The van der Waals surface area contributed by atoms with Gasteiger partial charge in [0.15, 0.2) is 11.5 Å². The third-order valence-electron chi connectivity index (χ3n) is 5.36. The van der Waals surface area contributed by atoms with E-state index in [1.54, 1.807) is 36.1 Å². The van der Waals surface area contributed by atoms with E-state index in [0.29, 0.717) is 42.8 Å². The van der Waals surface area contributed by atoms with Gasteiger partial charge in [0.05, 0.1) is 24.5 Å². The van der Waals surface area contributed by atoms with Crippen LogP contribution in [0.1, 0.15) is 6.04 Å². The lowest BCUT2D eigenvalue weighted by molar-refractivity contribution is 0.171. The van der Waals surface area contributed by atoms with Crippen LogP contribution in [0.25, 0.3) is 11.3 Å². The van der Waals surface area contributed by atoms with Gasteiger partial charge in [0.25, 0.3) is 5.56 Å². The molecule has 7 nitrogen and oxygen atoms in total. The summed E-state index contributed by atoms with van der Waals surface area (Å²) in [6, 6.07) is 14.4. The summed E-state index contributed by atoms with van der Waals surface area (Å²) in [5.41, 5.74) is 2.29. The van der Waals surface area contributed by atoms with Crippen molar-refractivity contribution in [3.8, 4) is 28.5 Å². The first kappa shape index (κ1) is 18.8. The molecule has 30 heavy (non-hydrogen) atoms. The molecule has 3 heterocycles. The van der Waals surface area contributed by atoms with Crippen LogP contribution in [0.15, 0.2) is 53.3 Å². The highest BCUT2D eigenvalue weighted by atomic mass is 35.5. The number of rotatable bonds is 4. The molecule has 0 atom stereocenters. The lowest BCUT2D eigenvalue weighted by Crippen LogP contribution is -2.51. The van der Waals surface area contributed by atoms with Gasteiger partial charge < -0.3 is 19.1 Å². The topological polar surface area (TPSA) is 65.8 Å². The normalized spacial score (nSPS) is 15.6. The maximum Gasteiger partial charge on any atom is 0.267 e. The average molecular weight is 426 g/mol. The van der Waals surface area contributed by atoms with E-state index < -0.39 is 0 Å². The van der Waals surface area contributed by atoms with E-state index in [1.807, 2.05) is 24.3 Å². The Kier molecular flexibility index (Phi) is 4.75. The van der Waals surface area contributed by atoms with E-state index in [1.165, 1.54) is 0 Å². The second-order valence-corrected chi connectivity index (χ2v) is 7.64. The third kappa shape index (κ3) is 3.25. The summed E-state index contributed by atoms with van der Waals surface area (Å²) in [4.78, 5) is 14.7. The molecule has 1 fully saturated rings. The first-order valence-corrected chi connectivity index (χ1v) is 10.1. The molecule has 2 aliphatic heterocycles. The van der Waals surface area contributed by atoms with E-state index in [2.05, 4.69) is 10.00 Å². The van der Waals surface area contributed by atoms with Crippen molar-refractivity contribution in [2.75, 3.05) is 38.3 Å². The Morgan fingerprint density at radius 2 is 1.93 bits per heavy atom. The highest BCUT2D eigenvalue weighted by molar-refractivity contribution is 6.30. The Bertz CT molecular complexity index is 1160. The summed E-state index contributed by atoms with van der Waals surface area (Å²) in [5.74, 6) is 2.14. The Morgan fingerprint density at radius 1 is 1.10 bits per heavy atom. The molecule has 0 unspecified atom stereocenters. The van der Waals surface area contributed by atoms with Crippen LogP contribution in [0.3, 0.4) is 0 Å². The molecule has 1 aromatic heterocycles. The molecule has 0 spiro atoms. The molecule has 2 aliphatic rings. The van der Waals surface area contributed by atoms with Crippen LogP contribution in [0.5, 0.6) is 17.2 Å². The summed E-state index contributed by atoms with van der Waals surface area (Å²) >= 11 is 6.07. The van der Waals surface area contributed by atoms with Gasteiger partial charge in [0.2, 0.25) is 0 Å². The molecule has 0 N–H and O–H groups in total. The van der Waals surface area contributed by atoms with E-state index >= 15 is 0 Å². The molecule has 0 amide bonds. The van der Waals surface area contributed by atoms with Crippen LogP contribution in [0.4, 0.5) is 5.69 Å². The lowest BCUT2D eigenvalue weighted by atomic mass is 10.1. The molecule has 3 aromatic rings. The van der Waals surface area contributed by atoms with Crippen LogP contribution in [-0.4, -0.2) is 43.2 Å². The zero-order chi connectivity index (χ0) is 20.7. The highest BCUT2D eigenvalue weighted by Crippen LogP contribution is 2.42. The number of para-hydroxylation sites is 1. The van der Waals surface area contributed by atoms with Crippen LogP contribution in [0.2, 0.25) is 5.02 Å². The van der Waals surface area contributed by atoms with E-state index in [0.717, 1.165) is 22.7 Å². The van der Waals surface area contributed by atoms with Crippen molar-refractivity contribution in [3.05, 3.63) is 63.9 Å². The SMILES string of the molecule is COc1cc(Cl)ccc1-c1ccc(=O)n(C2CN(c3cccc4c3OCCO4)C2)n1. The van der Waals surface area contributed by atoms with Crippen LogP contribution in [0, 0.1) is 0 Å². The van der Waals surface area contributed by atoms with Crippen molar-refractivity contribution in [2.24, 2.45) is 0 Å². The van der Waals surface area contributed by atoms with Crippen molar-refractivity contribution in [2.45, 2.75) is 6.04 Å². The van der Waals surface area contributed by atoms with Gasteiger partial charge in [0, 0.05) is 29.7 Å². The molecule has 2 aromatic carbocycles. The minimum atomic E-state index is -0.133. The zero-order valence-electron chi connectivity index (χ0n) is 16.4. The van der Waals surface area contributed by atoms with Crippen LogP contribution >= 0.6 is 11.6 Å². The van der Waals surface area contributed by atoms with E-state index in [-0.39, 0.29) is 11.6 Å². The Labute approximate surface area is 178 Å². The number of hydrogen-bond acceptors (Lipinski definition) is 6. The molecule has 5 rings (SSSR count). The standard InChI is InChI=1S/C22H20ClN3O4/c1-28-20-11-14(23)5-6-16(20)17-7-8-21(27)26(24-17)15-12-25(13-15)18-3-2-4-19-22(18)30-10-9-29-19/h2-8,11,15H,9-10,12-13H2,1H3. The zero-order valence-corrected chi connectivity index (χ0v) is 17.1. The number of hydrogen-bond donors (Lipinski definition) is 0. The first-order valence-electron chi connectivity index (χ1n) is 9.71. The number of methoxy groups -OCH3 is 1. The monoisotopic (exact) mass is 425 g/mol. The lowest BCUT2D eigenvalue weighted by Gasteiger charge is -2.42. The maximum atomic E-state index is 12.5. The molecular formula is C22H20ClN3O4. The van der Waals surface area contributed by atoms with Gasteiger partial charge in [-0.3, -0.25) is 4.79 Å². The largest absolute Gasteiger partial charge is 0.496 e. The van der Waals surface area contributed by atoms with Gasteiger partial charge in [-0.2, -0.15) is 5.10 Å². The molecule has 0 bridgehead atoms. The predicted octanol–water partition coefficient (Wildman–Crippen LogP) is 3.40. The summed E-state index contributed by atoms with van der Waals surface area (Å²) < 4.78 is 18.5. The van der Waals surface area contributed by atoms with Gasteiger partial charge in [-0.25, -0.2) is 4.68 Å². The van der Waals surface area contributed by atoms with E-state index in [9.17, 15) is 4.79 Å². The highest BCUT2D eigenvalue weighted by Gasteiger charge is 2.33. The fourth-order valence-electron chi connectivity index (χ4n) is 3.82. The summed E-state index contributed by atoms with van der Waals surface area (Å²) in [6.45, 7) is 2.41. The van der Waals surface area contributed by atoms with Crippen molar-refractivity contribution in [1.29, 1.82) is 0 Å².